The highest BCUT2D eigenvalue weighted by atomic mass is 16.3. The molecule has 2 rings (SSSR count). The molecule has 1 atom stereocenters. The summed E-state index contributed by atoms with van der Waals surface area (Å²) in [6.45, 7) is 4.34. The Morgan fingerprint density at radius 1 is 1.53 bits per heavy atom. The summed E-state index contributed by atoms with van der Waals surface area (Å²) >= 11 is 0. The van der Waals surface area contributed by atoms with Crippen molar-refractivity contribution in [1.82, 2.24) is 15.2 Å². The van der Waals surface area contributed by atoms with Crippen LogP contribution in [0.3, 0.4) is 0 Å². The summed E-state index contributed by atoms with van der Waals surface area (Å²) in [7, 11) is 0. The summed E-state index contributed by atoms with van der Waals surface area (Å²) in [6.07, 6.45) is 1.78. The fourth-order valence-corrected chi connectivity index (χ4v) is 2.41. The van der Waals surface area contributed by atoms with Crippen LogP contribution in [0.15, 0.2) is 16.9 Å². The highest BCUT2D eigenvalue weighted by Gasteiger charge is 2.27. The minimum Gasteiger partial charge on any atom is -0.494 e. The van der Waals surface area contributed by atoms with E-state index in [4.69, 9.17) is 0 Å². The van der Waals surface area contributed by atoms with E-state index in [1.165, 1.54) is 12.1 Å². The predicted molar refractivity (Wildman–Crippen MR) is 71.3 cm³/mol. The number of rotatable bonds is 4. The molecular weight excluding hydrogens is 246 g/mol. The maximum absolute atomic E-state index is 12.5. The molecule has 3 N–H and O–H groups in total. The lowest BCUT2D eigenvalue weighted by molar-refractivity contribution is 0.0691. The molecule has 0 spiro atoms. The SMILES string of the molecule is CCCN(C(=O)c1cc(O)[nH]c(=O)c1)C1CCNC1. The van der Waals surface area contributed by atoms with Gasteiger partial charge in [0, 0.05) is 31.3 Å². The first-order valence-corrected chi connectivity index (χ1v) is 6.57. The van der Waals surface area contributed by atoms with Crippen LogP contribution in [0.25, 0.3) is 0 Å². The molecule has 1 amide bonds. The first-order valence-electron chi connectivity index (χ1n) is 6.57. The third-order valence-corrected chi connectivity index (χ3v) is 3.28. The van der Waals surface area contributed by atoms with E-state index in [9.17, 15) is 14.7 Å². The van der Waals surface area contributed by atoms with Crippen LogP contribution in [0.5, 0.6) is 5.88 Å². The van der Waals surface area contributed by atoms with Gasteiger partial charge in [-0.1, -0.05) is 6.92 Å². The predicted octanol–water partition coefficient (Wildman–Crippen LogP) is 0.295. The molecule has 0 radical (unpaired) electrons. The number of hydrogen-bond donors (Lipinski definition) is 3. The third-order valence-electron chi connectivity index (χ3n) is 3.28. The van der Waals surface area contributed by atoms with E-state index >= 15 is 0 Å². The van der Waals surface area contributed by atoms with E-state index in [0.717, 1.165) is 25.9 Å². The van der Waals surface area contributed by atoms with Gasteiger partial charge in [-0.2, -0.15) is 0 Å². The first kappa shape index (κ1) is 13.6. The maximum Gasteiger partial charge on any atom is 0.254 e. The zero-order valence-corrected chi connectivity index (χ0v) is 11.0. The quantitative estimate of drug-likeness (QED) is 0.730. The van der Waals surface area contributed by atoms with Crippen LogP contribution >= 0.6 is 0 Å². The molecule has 1 aliphatic heterocycles. The normalized spacial score (nSPS) is 18.5. The highest BCUT2D eigenvalue weighted by molar-refractivity contribution is 5.94. The number of carbonyl (C=O) groups excluding carboxylic acids is 1. The van der Waals surface area contributed by atoms with Gasteiger partial charge in [0.2, 0.25) is 0 Å². The van der Waals surface area contributed by atoms with E-state index in [0.29, 0.717) is 6.54 Å². The molecule has 0 aliphatic carbocycles. The minimum atomic E-state index is -0.468. The second kappa shape index (κ2) is 5.88. The van der Waals surface area contributed by atoms with Gasteiger partial charge in [-0.3, -0.25) is 14.6 Å². The van der Waals surface area contributed by atoms with E-state index in [1.54, 1.807) is 4.90 Å². The monoisotopic (exact) mass is 265 g/mol. The second-order valence-corrected chi connectivity index (χ2v) is 4.76. The summed E-state index contributed by atoms with van der Waals surface area (Å²) < 4.78 is 0. The lowest BCUT2D eigenvalue weighted by atomic mass is 10.1. The van der Waals surface area contributed by atoms with Crippen LogP contribution in [0.4, 0.5) is 0 Å². The number of nitrogens with zero attached hydrogens (tertiary/aromatic N) is 1. The zero-order chi connectivity index (χ0) is 13.8. The van der Waals surface area contributed by atoms with Crippen molar-refractivity contribution in [2.24, 2.45) is 0 Å². The Bertz CT molecular complexity index is 506. The second-order valence-electron chi connectivity index (χ2n) is 4.76. The Balaban J connectivity index is 2.25. The summed E-state index contributed by atoms with van der Waals surface area (Å²) in [5.74, 6) is -0.478. The van der Waals surface area contributed by atoms with Crippen molar-refractivity contribution in [2.75, 3.05) is 19.6 Å². The van der Waals surface area contributed by atoms with Crippen molar-refractivity contribution in [3.05, 3.63) is 28.0 Å². The summed E-state index contributed by atoms with van der Waals surface area (Å²) in [4.78, 5) is 27.8. The van der Waals surface area contributed by atoms with Gasteiger partial charge in [0.15, 0.2) is 5.88 Å². The van der Waals surface area contributed by atoms with Crippen LogP contribution in [-0.2, 0) is 0 Å². The van der Waals surface area contributed by atoms with Gasteiger partial charge >= 0.3 is 0 Å². The smallest absolute Gasteiger partial charge is 0.254 e. The number of H-pyrrole nitrogens is 1. The Morgan fingerprint density at radius 2 is 2.32 bits per heavy atom. The standard InChI is InChI=1S/C13H19N3O3/c1-2-5-16(10-3-4-14-8-10)13(19)9-6-11(17)15-12(18)7-9/h6-7,10,14H,2-5,8H2,1H3,(H2,15,17,18). The van der Waals surface area contributed by atoms with Crippen molar-refractivity contribution >= 4 is 5.91 Å². The molecular formula is C13H19N3O3. The lowest BCUT2D eigenvalue weighted by Crippen LogP contribution is -2.42. The maximum atomic E-state index is 12.5. The van der Waals surface area contributed by atoms with Gasteiger partial charge in [0.1, 0.15) is 0 Å². The van der Waals surface area contributed by atoms with Gasteiger partial charge in [0.25, 0.3) is 11.5 Å². The molecule has 104 valence electrons. The Kier molecular flexibility index (Phi) is 4.21. The molecule has 2 heterocycles. The number of nitrogens with one attached hydrogen (secondary N) is 2. The summed E-state index contributed by atoms with van der Waals surface area (Å²) in [5, 5.41) is 12.6. The van der Waals surface area contributed by atoms with Gasteiger partial charge < -0.3 is 15.3 Å². The van der Waals surface area contributed by atoms with E-state index in [-0.39, 0.29) is 23.4 Å². The number of amides is 1. The minimum absolute atomic E-state index is 0.161. The summed E-state index contributed by atoms with van der Waals surface area (Å²) in [5.41, 5.74) is -0.231. The van der Waals surface area contributed by atoms with Crippen LogP contribution < -0.4 is 10.9 Å². The van der Waals surface area contributed by atoms with Gasteiger partial charge in [-0.25, -0.2) is 0 Å². The molecule has 1 aromatic heterocycles. The van der Waals surface area contributed by atoms with Crippen LogP contribution in [0, 0.1) is 0 Å². The average molecular weight is 265 g/mol. The lowest BCUT2D eigenvalue weighted by Gasteiger charge is -2.28. The Hall–Kier alpha value is -1.82. The molecule has 0 aromatic carbocycles. The molecule has 1 aliphatic rings. The number of aromatic nitrogens is 1. The molecule has 6 heteroatoms. The number of pyridine rings is 1. The molecule has 0 bridgehead atoms. The Labute approximate surface area is 111 Å². The topological polar surface area (TPSA) is 85.4 Å². The number of aromatic hydroxyl groups is 1. The number of hydrogen-bond acceptors (Lipinski definition) is 4. The third kappa shape index (κ3) is 3.14. The van der Waals surface area contributed by atoms with Crippen LogP contribution in [0.2, 0.25) is 0 Å². The van der Waals surface area contributed by atoms with E-state index in [1.807, 2.05) is 6.92 Å². The molecule has 0 saturated carbocycles. The zero-order valence-electron chi connectivity index (χ0n) is 11.0. The van der Waals surface area contributed by atoms with Gasteiger partial charge in [-0.05, 0) is 19.4 Å². The highest BCUT2D eigenvalue weighted by Crippen LogP contribution is 2.15. The van der Waals surface area contributed by atoms with Crippen LogP contribution in [-0.4, -0.2) is 46.6 Å². The van der Waals surface area contributed by atoms with Gasteiger partial charge in [0.05, 0.1) is 5.56 Å². The van der Waals surface area contributed by atoms with Crippen molar-refractivity contribution in [3.8, 4) is 5.88 Å². The van der Waals surface area contributed by atoms with Crippen molar-refractivity contribution < 1.29 is 9.90 Å². The molecule has 6 nitrogen and oxygen atoms in total. The van der Waals surface area contributed by atoms with Crippen molar-refractivity contribution in [1.29, 1.82) is 0 Å². The fraction of sp³-hybridized carbons (Fsp3) is 0.538. The molecule has 1 saturated heterocycles. The van der Waals surface area contributed by atoms with E-state index in [2.05, 4.69) is 10.3 Å². The molecule has 1 unspecified atom stereocenters. The largest absolute Gasteiger partial charge is 0.494 e. The van der Waals surface area contributed by atoms with E-state index < -0.39 is 5.56 Å². The number of carbonyl (C=O) groups is 1. The molecule has 1 fully saturated rings. The molecule has 19 heavy (non-hydrogen) atoms. The van der Waals surface area contributed by atoms with Gasteiger partial charge in [-0.15, -0.1) is 0 Å². The Morgan fingerprint density at radius 3 is 2.89 bits per heavy atom. The number of aromatic amines is 1. The average Bonchev–Trinajstić information content (AvgIpc) is 2.87. The van der Waals surface area contributed by atoms with Crippen molar-refractivity contribution in [2.45, 2.75) is 25.8 Å². The fourth-order valence-electron chi connectivity index (χ4n) is 2.41. The van der Waals surface area contributed by atoms with Crippen molar-refractivity contribution in [3.63, 3.8) is 0 Å². The molecule has 1 aromatic rings. The first-order chi connectivity index (χ1) is 9.11. The summed E-state index contributed by atoms with van der Waals surface area (Å²) in [6, 6.07) is 2.69. The van der Waals surface area contributed by atoms with Crippen LogP contribution in [0.1, 0.15) is 30.1 Å².